The minimum absolute atomic E-state index is 0.0302. The molecule has 9 heteroatoms. The highest BCUT2D eigenvalue weighted by Gasteiger charge is 2.34. The van der Waals surface area contributed by atoms with E-state index in [1.54, 1.807) is 0 Å². The van der Waals surface area contributed by atoms with Crippen molar-refractivity contribution in [2.45, 2.75) is 37.6 Å². The molecule has 0 saturated heterocycles. The topological polar surface area (TPSA) is 83.4 Å². The standard InChI is InChI=1S/C13H16F3N3O3/c14-13(15,16)8-19-6-1-3-9(10(19)20)18-11(21)17-7-12(22)4-2-5-12/h1,3,6,22H,2,4-5,7-8H2,(H2,17,18,21). The third-order valence-electron chi connectivity index (χ3n) is 3.48. The number of nitrogens with zero attached hydrogens (tertiary/aromatic N) is 1. The number of halogens is 3. The molecule has 1 aromatic heterocycles. The van der Waals surface area contributed by atoms with Gasteiger partial charge in [0.2, 0.25) is 0 Å². The lowest BCUT2D eigenvalue weighted by Gasteiger charge is -2.36. The Labute approximate surface area is 123 Å². The Morgan fingerprint density at radius 2 is 2.09 bits per heavy atom. The number of hydrogen-bond acceptors (Lipinski definition) is 3. The van der Waals surface area contributed by atoms with Crippen molar-refractivity contribution < 1.29 is 23.1 Å². The Balaban J connectivity index is 1.98. The minimum atomic E-state index is -4.53. The first-order valence-corrected chi connectivity index (χ1v) is 6.72. The molecule has 1 aromatic rings. The SMILES string of the molecule is O=C(NCC1(O)CCC1)Nc1cccn(CC(F)(F)F)c1=O. The number of amides is 2. The number of hydrogen-bond donors (Lipinski definition) is 3. The Bertz CT molecular complexity index is 609. The van der Waals surface area contributed by atoms with E-state index >= 15 is 0 Å². The van der Waals surface area contributed by atoms with Gasteiger partial charge < -0.3 is 20.3 Å². The Morgan fingerprint density at radius 3 is 2.64 bits per heavy atom. The van der Waals surface area contributed by atoms with Crippen LogP contribution in [0.15, 0.2) is 23.1 Å². The van der Waals surface area contributed by atoms with E-state index in [0.717, 1.165) is 12.6 Å². The van der Waals surface area contributed by atoms with E-state index in [4.69, 9.17) is 0 Å². The number of aliphatic hydroxyl groups is 1. The summed E-state index contributed by atoms with van der Waals surface area (Å²) in [5.41, 5.74) is -2.13. The molecule has 2 amide bonds. The minimum Gasteiger partial charge on any atom is -0.388 e. The zero-order valence-electron chi connectivity index (χ0n) is 11.6. The van der Waals surface area contributed by atoms with Gasteiger partial charge >= 0.3 is 12.2 Å². The predicted molar refractivity (Wildman–Crippen MR) is 72.6 cm³/mol. The lowest BCUT2D eigenvalue weighted by molar-refractivity contribution is -0.141. The summed E-state index contributed by atoms with van der Waals surface area (Å²) in [7, 11) is 0. The zero-order valence-corrected chi connectivity index (χ0v) is 11.6. The maximum Gasteiger partial charge on any atom is 0.406 e. The zero-order chi connectivity index (χ0) is 16.4. The fourth-order valence-corrected chi connectivity index (χ4v) is 2.12. The second-order valence-electron chi connectivity index (χ2n) is 5.36. The van der Waals surface area contributed by atoms with Gasteiger partial charge in [-0.3, -0.25) is 4.79 Å². The van der Waals surface area contributed by atoms with Crippen LogP contribution in [0.25, 0.3) is 0 Å². The van der Waals surface area contributed by atoms with Crippen molar-refractivity contribution in [2.75, 3.05) is 11.9 Å². The largest absolute Gasteiger partial charge is 0.406 e. The molecule has 0 radical (unpaired) electrons. The van der Waals surface area contributed by atoms with E-state index in [1.807, 2.05) is 0 Å². The van der Waals surface area contributed by atoms with Crippen LogP contribution in [-0.2, 0) is 6.54 Å². The summed E-state index contributed by atoms with van der Waals surface area (Å²) in [5, 5.41) is 14.4. The van der Waals surface area contributed by atoms with Crippen molar-refractivity contribution >= 4 is 11.7 Å². The number of carbonyl (C=O) groups is 1. The summed E-state index contributed by atoms with van der Waals surface area (Å²) in [4.78, 5) is 23.5. The van der Waals surface area contributed by atoms with Crippen molar-refractivity contribution in [1.82, 2.24) is 9.88 Å². The van der Waals surface area contributed by atoms with Gasteiger partial charge in [-0.05, 0) is 31.4 Å². The van der Waals surface area contributed by atoms with Gasteiger partial charge in [0.05, 0.1) is 5.60 Å². The molecule has 0 aromatic carbocycles. The van der Waals surface area contributed by atoms with Crippen molar-refractivity contribution in [1.29, 1.82) is 0 Å². The summed E-state index contributed by atoms with van der Waals surface area (Å²) in [5.74, 6) is 0. The van der Waals surface area contributed by atoms with E-state index in [-0.39, 0.29) is 12.2 Å². The first-order valence-electron chi connectivity index (χ1n) is 6.72. The average molecular weight is 319 g/mol. The number of carbonyl (C=O) groups excluding carboxylic acids is 1. The molecule has 6 nitrogen and oxygen atoms in total. The van der Waals surface area contributed by atoms with Crippen LogP contribution in [0.4, 0.5) is 23.7 Å². The fourth-order valence-electron chi connectivity index (χ4n) is 2.12. The quantitative estimate of drug-likeness (QED) is 0.785. The lowest BCUT2D eigenvalue weighted by atomic mass is 9.80. The van der Waals surface area contributed by atoms with Gasteiger partial charge in [-0.15, -0.1) is 0 Å². The second-order valence-corrected chi connectivity index (χ2v) is 5.36. The van der Waals surface area contributed by atoms with Crippen LogP contribution in [0.1, 0.15) is 19.3 Å². The van der Waals surface area contributed by atoms with Crippen LogP contribution >= 0.6 is 0 Å². The van der Waals surface area contributed by atoms with Crippen LogP contribution in [-0.4, -0.2) is 34.0 Å². The first kappa shape index (κ1) is 16.3. The first-order chi connectivity index (χ1) is 10.2. The number of nitrogens with one attached hydrogen (secondary N) is 2. The number of anilines is 1. The van der Waals surface area contributed by atoms with E-state index in [0.29, 0.717) is 17.4 Å². The van der Waals surface area contributed by atoms with E-state index in [1.165, 1.54) is 12.1 Å². The average Bonchev–Trinajstić information content (AvgIpc) is 2.37. The smallest absolute Gasteiger partial charge is 0.388 e. The van der Waals surface area contributed by atoms with Gasteiger partial charge in [-0.25, -0.2) is 4.79 Å². The van der Waals surface area contributed by atoms with Gasteiger partial charge in [-0.1, -0.05) is 0 Å². The molecule has 0 bridgehead atoms. The number of alkyl halides is 3. The van der Waals surface area contributed by atoms with Crippen LogP contribution < -0.4 is 16.2 Å². The van der Waals surface area contributed by atoms with Gasteiger partial charge in [-0.2, -0.15) is 13.2 Å². The second kappa shape index (κ2) is 5.99. The number of pyridine rings is 1. The molecule has 122 valence electrons. The molecule has 0 unspecified atom stereocenters. The van der Waals surface area contributed by atoms with Crippen molar-refractivity contribution in [3.05, 3.63) is 28.7 Å². The molecule has 22 heavy (non-hydrogen) atoms. The number of rotatable bonds is 4. The highest BCUT2D eigenvalue weighted by molar-refractivity contribution is 5.89. The Hall–Kier alpha value is -2.03. The molecule has 1 aliphatic carbocycles. The molecule has 0 atom stereocenters. The molecule has 1 saturated carbocycles. The number of aromatic nitrogens is 1. The Morgan fingerprint density at radius 1 is 1.41 bits per heavy atom. The maximum atomic E-state index is 12.3. The predicted octanol–water partition coefficient (Wildman–Crippen LogP) is 1.45. The van der Waals surface area contributed by atoms with Gasteiger partial charge in [0, 0.05) is 12.7 Å². The molecular weight excluding hydrogens is 303 g/mol. The molecule has 1 aliphatic rings. The molecule has 2 rings (SSSR count). The van der Waals surface area contributed by atoms with Crippen molar-refractivity contribution in [3.8, 4) is 0 Å². The molecule has 1 fully saturated rings. The Kier molecular flexibility index (Phi) is 4.45. The third-order valence-corrected chi connectivity index (χ3v) is 3.48. The maximum absolute atomic E-state index is 12.3. The number of urea groups is 1. The summed E-state index contributed by atoms with van der Waals surface area (Å²) in [6, 6.07) is 1.71. The van der Waals surface area contributed by atoms with Crippen LogP contribution in [0.2, 0.25) is 0 Å². The molecule has 0 spiro atoms. The highest BCUT2D eigenvalue weighted by atomic mass is 19.4. The monoisotopic (exact) mass is 319 g/mol. The van der Waals surface area contributed by atoms with E-state index in [2.05, 4.69) is 10.6 Å². The lowest BCUT2D eigenvalue weighted by Crippen LogP contribution is -2.49. The molecule has 0 aliphatic heterocycles. The van der Waals surface area contributed by atoms with Crippen LogP contribution in [0, 0.1) is 0 Å². The summed E-state index contributed by atoms with van der Waals surface area (Å²) in [6.45, 7) is -1.40. The van der Waals surface area contributed by atoms with Crippen molar-refractivity contribution in [3.63, 3.8) is 0 Å². The summed E-state index contributed by atoms with van der Waals surface area (Å²) < 4.78 is 37.4. The fraction of sp³-hybridized carbons (Fsp3) is 0.538. The summed E-state index contributed by atoms with van der Waals surface area (Å²) in [6.07, 6.45) is -1.50. The molecule has 3 N–H and O–H groups in total. The third kappa shape index (κ3) is 4.23. The van der Waals surface area contributed by atoms with Crippen LogP contribution in [0.5, 0.6) is 0 Å². The van der Waals surface area contributed by atoms with Crippen molar-refractivity contribution in [2.24, 2.45) is 0 Å². The van der Waals surface area contributed by atoms with E-state index < -0.39 is 29.9 Å². The van der Waals surface area contributed by atoms with Gasteiger partial charge in [0.15, 0.2) is 0 Å². The highest BCUT2D eigenvalue weighted by Crippen LogP contribution is 2.30. The van der Waals surface area contributed by atoms with E-state index in [9.17, 15) is 27.9 Å². The van der Waals surface area contributed by atoms with Gasteiger partial charge in [0.25, 0.3) is 5.56 Å². The van der Waals surface area contributed by atoms with Crippen LogP contribution in [0.3, 0.4) is 0 Å². The summed E-state index contributed by atoms with van der Waals surface area (Å²) >= 11 is 0. The van der Waals surface area contributed by atoms with Gasteiger partial charge in [0.1, 0.15) is 12.2 Å². The normalized spacial score (nSPS) is 16.7. The molecule has 1 heterocycles. The molecular formula is C13H16F3N3O3.